The maximum Gasteiger partial charge on any atom is 0.116 e. The molecule has 0 bridgehead atoms. The molecule has 122 valence electrons. The minimum Gasteiger partial charge on any atom is -0.236 e. The molecule has 3 aromatic carbocycles. The van der Waals surface area contributed by atoms with E-state index in [2.05, 4.69) is 47.2 Å². The van der Waals surface area contributed by atoms with Crippen LogP contribution in [0.1, 0.15) is 22.1 Å². The first-order chi connectivity index (χ1) is 12.3. The van der Waals surface area contributed by atoms with Crippen LogP contribution in [0, 0.1) is 6.92 Å². The molecule has 0 aliphatic rings. The van der Waals surface area contributed by atoms with Gasteiger partial charge < -0.3 is 0 Å². The molecule has 0 amide bonds. The lowest BCUT2D eigenvalue weighted by Gasteiger charge is -2.17. The molecule has 2 nitrogen and oxygen atoms in total. The van der Waals surface area contributed by atoms with Gasteiger partial charge in [0.15, 0.2) is 0 Å². The summed E-state index contributed by atoms with van der Waals surface area (Å²) in [6.45, 7) is 2.09. The van der Waals surface area contributed by atoms with Gasteiger partial charge in [0.1, 0.15) is 6.33 Å². The Bertz CT molecular complexity index is 1040. The Hall–Kier alpha value is -2.71. The van der Waals surface area contributed by atoms with Crippen molar-refractivity contribution in [2.24, 2.45) is 0 Å². The number of hydrogen-bond donors (Lipinski definition) is 0. The van der Waals surface area contributed by atoms with Crippen molar-refractivity contribution in [1.82, 2.24) is 9.97 Å². The van der Waals surface area contributed by atoms with E-state index < -0.39 is 0 Å². The number of aromatic nitrogens is 2. The van der Waals surface area contributed by atoms with Crippen molar-refractivity contribution < 1.29 is 0 Å². The van der Waals surface area contributed by atoms with Gasteiger partial charge in [0.2, 0.25) is 0 Å². The highest BCUT2D eigenvalue weighted by Crippen LogP contribution is 2.38. The van der Waals surface area contributed by atoms with Gasteiger partial charge in [-0.1, -0.05) is 66.7 Å². The fourth-order valence-corrected chi connectivity index (χ4v) is 3.63. The highest BCUT2D eigenvalue weighted by molar-refractivity contribution is 6.23. The largest absolute Gasteiger partial charge is 0.236 e. The van der Waals surface area contributed by atoms with Crippen LogP contribution in [0.2, 0.25) is 0 Å². The molecule has 0 radical (unpaired) electrons. The van der Waals surface area contributed by atoms with E-state index in [0.29, 0.717) is 0 Å². The summed E-state index contributed by atoms with van der Waals surface area (Å²) in [6.07, 6.45) is 1.62. The van der Waals surface area contributed by atoms with Crippen LogP contribution in [0.3, 0.4) is 0 Å². The lowest BCUT2D eigenvalue weighted by Crippen LogP contribution is -2.00. The molecule has 4 rings (SSSR count). The van der Waals surface area contributed by atoms with Crippen molar-refractivity contribution in [3.63, 3.8) is 0 Å². The summed E-state index contributed by atoms with van der Waals surface area (Å²) in [5.41, 5.74) is 6.26. The first kappa shape index (κ1) is 15.8. The first-order valence-corrected chi connectivity index (χ1v) is 8.68. The zero-order valence-electron chi connectivity index (χ0n) is 13.9. The Labute approximate surface area is 152 Å². The zero-order chi connectivity index (χ0) is 17.2. The molecule has 0 spiro atoms. The number of hydrogen-bond acceptors (Lipinski definition) is 2. The minimum atomic E-state index is -0.230. The van der Waals surface area contributed by atoms with Crippen LogP contribution < -0.4 is 0 Å². The van der Waals surface area contributed by atoms with Gasteiger partial charge in [-0.25, -0.2) is 9.97 Å². The third-order valence-electron chi connectivity index (χ3n) is 4.49. The third-order valence-corrected chi connectivity index (χ3v) is 4.96. The fourth-order valence-electron chi connectivity index (χ4n) is 3.19. The van der Waals surface area contributed by atoms with Crippen molar-refractivity contribution in [2.75, 3.05) is 0 Å². The van der Waals surface area contributed by atoms with Gasteiger partial charge in [-0.05, 0) is 29.7 Å². The molecule has 1 unspecified atom stereocenters. The van der Waals surface area contributed by atoms with Crippen molar-refractivity contribution in [2.45, 2.75) is 12.3 Å². The molecule has 0 N–H and O–H groups in total. The normalized spacial score (nSPS) is 12.2. The van der Waals surface area contributed by atoms with E-state index in [9.17, 15) is 0 Å². The Morgan fingerprint density at radius 3 is 2.28 bits per heavy atom. The van der Waals surface area contributed by atoms with E-state index in [1.807, 2.05) is 42.5 Å². The number of para-hydroxylation sites is 1. The van der Waals surface area contributed by atoms with Crippen LogP contribution in [0.5, 0.6) is 0 Å². The molecule has 1 heterocycles. The second kappa shape index (κ2) is 6.66. The van der Waals surface area contributed by atoms with Gasteiger partial charge in [-0.2, -0.15) is 0 Å². The summed E-state index contributed by atoms with van der Waals surface area (Å²) in [5, 5.41) is 0.803. The standard InChI is InChI=1S/C22H17ClN2/c1-15-8-2-3-9-16(15)21(23)17-10-4-5-11-18(17)22-19-12-6-7-13-20(19)24-14-25-22/h2-14,21H,1H3. The summed E-state index contributed by atoms with van der Waals surface area (Å²) in [4.78, 5) is 8.94. The number of rotatable bonds is 3. The Morgan fingerprint density at radius 2 is 1.44 bits per heavy atom. The van der Waals surface area contributed by atoms with E-state index in [1.54, 1.807) is 6.33 Å². The molecule has 3 heteroatoms. The van der Waals surface area contributed by atoms with Crippen molar-refractivity contribution in [1.29, 1.82) is 0 Å². The van der Waals surface area contributed by atoms with Gasteiger partial charge in [0.05, 0.1) is 16.6 Å². The van der Waals surface area contributed by atoms with E-state index in [4.69, 9.17) is 11.6 Å². The molecule has 0 saturated carbocycles. The van der Waals surface area contributed by atoms with Crippen LogP contribution in [0.15, 0.2) is 79.1 Å². The third kappa shape index (κ3) is 2.90. The smallest absolute Gasteiger partial charge is 0.116 e. The summed E-state index contributed by atoms with van der Waals surface area (Å²) in [6, 6.07) is 24.5. The Balaban J connectivity index is 1.92. The predicted octanol–water partition coefficient (Wildman–Crippen LogP) is 5.93. The summed E-state index contributed by atoms with van der Waals surface area (Å²) >= 11 is 6.90. The number of halogens is 1. The quantitative estimate of drug-likeness (QED) is 0.430. The predicted molar refractivity (Wildman–Crippen MR) is 104 cm³/mol. The van der Waals surface area contributed by atoms with Crippen LogP contribution >= 0.6 is 11.6 Å². The van der Waals surface area contributed by atoms with Crippen molar-refractivity contribution in [3.8, 4) is 11.3 Å². The van der Waals surface area contributed by atoms with E-state index in [1.165, 1.54) is 5.56 Å². The van der Waals surface area contributed by atoms with Gasteiger partial charge >= 0.3 is 0 Å². The van der Waals surface area contributed by atoms with Gasteiger partial charge in [0.25, 0.3) is 0 Å². The minimum absolute atomic E-state index is 0.230. The molecule has 4 aromatic rings. The molecule has 0 fully saturated rings. The van der Waals surface area contributed by atoms with Crippen LogP contribution in [0.25, 0.3) is 22.2 Å². The average molecular weight is 345 g/mol. The second-order valence-electron chi connectivity index (χ2n) is 6.05. The Morgan fingerprint density at radius 1 is 0.760 bits per heavy atom. The van der Waals surface area contributed by atoms with Gasteiger partial charge in [-0.3, -0.25) is 0 Å². The SMILES string of the molecule is Cc1ccccc1C(Cl)c1ccccc1-c1ncnc2ccccc12. The van der Waals surface area contributed by atoms with Crippen LogP contribution in [-0.4, -0.2) is 9.97 Å². The lowest BCUT2D eigenvalue weighted by atomic mass is 9.94. The molecule has 0 saturated heterocycles. The molecule has 1 atom stereocenters. The second-order valence-corrected chi connectivity index (χ2v) is 6.48. The molecular weight excluding hydrogens is 328 g/mol. The Kier molecular flexibility index (Phi) is 4.21. The first-order valence-electron chi connectivity index (χ1n) is 8.24. The number of benzene rings is 3. The summed E-state index contributed by atoms with van der Waals surface area (Å²) in [7, 11) is 0. The number of fused-ring (bicyclic) bond motifs is 1. The molecule has 0 aliphatic carbocycles. The zero-order valence-corrected chi connectivity index (χ0v) is 14.6. The lowest BCUT2D eigenvalue weighted by molar-refractivity contribution is 1.11. The highest BCUT2D eigenvalue weighted by Gasteiger charge is 2.18. The maximum atomic E-state index is 6.90. The number of nitrogens with zero attached hydrogens (tertiary/aromatic N) is 2. The molecule has 25 heavy (non-hydrogen) atoms. The monoisotopic (exact) mass is 344 g/mol. The summed E-state index contributed by atoms with van der Waals surface area (Å²) < 4.78 is 0. The van der Waals surface area contributed by atoms with E-state index in [0.717, 1.165) is 33.3 Å². The number of alkyl halides is 1. The number of aryl methyl sites for hydroxylation is 1. The van der Waals surface area contributed by atoms with Crippen molar-refractivity contribution >= 4 is 22.5 Å². The maximum absolute atomic E-state index is 6.90. The van der Waals surface area contributed by atoms with Crippen LogP contribution in [0.4, 0.5) is 0 Å². The van der Waals surface area contributed by atoms with Crippen molar-refractivity contribution in [3.05, 3.63) is 95.8 Å². The van der Waals surface area contributed by atoms with E-state index in [-0.39, 0.29) is 5.38 Å². The van der Waals surface area contributed by atoms with Gasteiger partial charge in [0, 0.05) is 10.9 Å². The average Bonchev–Trinajstić information content (AvgIpc) is 2.67. The van der Waals surface area contributed by atoms with Crippen LogP contribution in [-0.2, 0) is 0 Å². The molecule has 1 aromatic heterocycles. The van der Waals surface area contributed by atoms with Gasteiger partial charge in [-0.15, -0.1) is 11.6 Å². The highest BCUT2D eigenvalue weighted by atomic mass is 35.5. The molecular formula is C22H17ClN2. The van der Waals surface area contributed by atoms with E-state index >= 15 is 0 Å². The summed E-state index contributed by atoms with van der Waals surface area (Å²) in [5.74, 6) is 0. The topological polar surface area (TPSA) is 25.8 Å². The molecule has 0 aliphatic heterocycles. The fraction of sp³-hybridized carbons (Fsp3) is 0.0909.